The molecule has 0 saturated carbocycles. The second-order valence-corrected chi connectivity index (χ2v) is 3.59. The maximum Gasteiger partial charge on any atom is 0.0636 e. The maximum atomic E-state index is 8.95. The highest BCUT2D eigenvalue weighted by atomic mass is 16.3. The highest BCUT2D eigenvalue weighted by Crippen LogP contribution is 1.85. The lowest BCUT2D eigenvalue weighted by molar-refractivity contribution is 0.191. The average molecular weight is 204 g/mol. The molecule has 0 saturated heterocycles. The summed E-state index contributed by atoms with van der Waals surface area (Å²) in [5.74, 6) is 0. The van der Waals surface area contributed by atoms with Crippen LogP contribution in [-0.2, 0) is 0 Å². The van der Waals surface area contributed by atoms with Gasteiger partial charge in [-0.1, -0.05) is 0 Å². The normalized spacial score (nSPS) is 13.1. The van der Waals surface area contributed by atoms with Crippen molar-refractivity contribution in [2.75, 3.05) is 32.8 Å². The van der Waals surface area contributed by atoms with E-state index in [0.717, 1.165) is 38.9 Å². The van der Waals surface area contributed by atoms with Crippen LogP contribution in [0.1, 0.15) is 26.2 Å². The van der Waals surface area contributed by atoms with Crippen molar-refractivity contribution in [1.82, 2.24) is 10.6 Å². The van der Waals surface area contributed by atoms with Crippen LogP contribution in [0.15, 0.2) is 0 Å². The summed E-state index contributed by atoms with van der Waals surface area (Å²) < 4.78 is 0. The molecule has 0 amide bonds. The minimum absolute atomic E-state index is 0.252. The smallest absolute Gasteiger partial charge is 0.0636 e. The van der Waals surface area contributed by atoms with Gasteiger partial charge < -0.3 is 20.8 Å². The first-order valence-corrected chi connectivity index (χ1v) is 5.47. The fourth-order valence-electron chi connectivity index (χ4n) is 1.14. The molecule has 0 aliphatic rings. The highest BCUT2D eigenvalue weighted by Gasteiger charge is 1.93. The van der Waals surface area contributed by atoms with E-state index in [-0.39, 0.29) is 12.7 Å². The van der Waals surface area contributed by atoms with Crippen molar-refractivity contribution in [3.63, 3.8) is 0 Å². The molecule has 0 fully saturated rings. The van der Waals surface area contributed by atoms with Gasteiger partial charge in [-0.15, -0.1) is 0 Å². The van der Waals surface area contributed by atoms with Crippen molar-refractivity contribution in [1.29, 1.82) is 0 Å². The van der Waals surface area contributed by atoms with Gasteiger partial charge in [-0.25, -0.2) is 0 Å². The van der Waals surface area contributed by atoms with Crippen LogP contribution >= 0.6 is 0 Å². The molecule has 1 unspecified atom stereocenters. The molecule has 0 aliphatic carbocycles. The van der Waals surface area contributed by atoms with Gasteiger partial charge in [0.15, 0.2) is 0 Å². The molecule has 0 aromatic heterocycles. The van der Waals surface area contributed by atoms with Crippen molar-refractivity contribution in [3.05, 3.63) is 0 Å². The number of aliphatic hydroxyl groups excluding tert-OH is 2. The number of rotatable bonds is 10. The first kappa shape index (κ1) is 13.8. The zero-order chi connectivity index (χ0) is 10.6. The Bertz CT molecular complexity index is 110. The Labute approximate surface area is 86.7 Å². The predicted molar refractivity (Wildman–Crippen MR) is 58.4 cm³/mol. The summed E-state index contributed by atoms with van der Waals surface area (Å²) in [6.45, 7) is 5.60. The molecular weight excluding hydrogens is 180 g/mol. The van der Waals surface area contributed by atoms with Crippen LogP contribution in [0.4, 0.5) is 0 Å². The monoisotopic (exact) mass is 204 g/mol. The van der Waals surface area contributed by atoms with Crippen molar-refractivity contribution in [2.45, 2.75) is 32.3 Å². The molecule has 14 heavy (non-hydrogen) atoms. The van der Waals surface area contributed by atoms with Gasteiger partial charge in [0.05, 0.1) is 6.10 Å². The van der Waals surface area contributed by atoms with E-state index in [1.807, 2.05) is 0 Å². The number of nitrogens with one attached hydrogen (secondary N) is 2. The number of unbranched alkanes of at least 4 members (excludes halogenated alkanes) is 1. The molecule has 1 atom stereocenters. The SMILES string of the molecule is CC(O)CNCCCCNCCCO. The third kappa shape index (κ3) is 11.8. The number of hydrogen-bond donors (Lipinski definition) is 4. The Kier molecular flexibility index (Phi) is 10.8. The lowest BCUT2D eigenvalue weighted by Gasteiger charge is -2.07. The maximum absolute atomic E-state index is 8.95. The quantitative estimate of drug-likeness (QED) is 0.369. The van der Waals surface area contributed by atoms with Crippen LogP contribution in [0.5, 0.6) is 0 Å². The average Bonchev–Trinajstić information content (AvgIpc) is 2.15. The summed E-state index contributed by atoms with van der Waals surface area (Å²) in [6.07, 6.45) is 2.84. The Morgan fingerprint density at radius 3 is 2.14 bits per heavy atom. The van der Waals surface area contributed by atoms with Gasteiger partial charge in [-0.05, 0) is 45.8 Å². The molecule has 0 rings (SSSR count). The van der Waals surface area contributed by atoms with Gasteiger partial charge in [0.25, 0.3) is 0 Å². The first-order chi connectivity index (χ1) is 6.77. The van der Waals surface area contributed by atoms with E-state index in [9.17, 15) is 0 Å². The molecule has 0 radical (unpaired) electrons. The number of hydrogen-bond acceptors (Lipinski definition) is 4. The summed E-state index contributed by atoms with van der Waals surface area (Å²) in [5, 5.41) is 23.9. The van der Waals surface area contributed by atoms with E-state index in [1.165, 1.54) is 0 Å². The summed E-state index contributed by atoms with van der Waals surface area (Å²) in [7, 11) is 0. The van der Waals surface area contributed by atoms with Crippen LogP contribution in [-0.4, -0.2) is 49.1 Å². The van der Waals surface area contributed by atoms with E-state index in [0.29, 0.717) is 6.54 Å². The van der Waals surface area contributed by atoms with Crippen LogP contribution < -0.4 is 10.6 Å². The Hall–Kier alpha value is -0.160. The van der Waals surface area contributed by atoms with Crippen LogP contribution in [0.25, 0.3) is 0 Å². The topological polar surface area (TPSA) is 64.5 Å². The lowest BCUT2D eigenvalue weighted by Crippen LogP contribution is -2.26. The van der Waals surface area contributed by atoms with Crippen LogP contribution in [0.2, 0.25) is 0 Å². The van der Waals surface area contributed by atoms with Gasteiger partial charge in [0, 0.05) is 13.2 Å². The molecule has 0 heterocycles. The fraction of sp³-hybridized carbons (Fsp3) is 1.00. The van der Waals surface area contributed by atoms with Gasteiger partial charge >= 0.3 is 0 Å². The summed E-state index contributed by atoms with van der Waals surface area (Å²) >= 11 is 0. The minimum atomic E-state index is -0.252. The molecule has 0 aliphatic heterocycles. The Morgan fingerprint density at radius 2 is 1.57 bits per heavy atom. The second kappa shape index (κ2) is 10.9. The molecule has 4 N–H and O–H groups in total. The molecule has 86 valence electrons. The van der Waals surface area contributed by atoms with E-state index in [2.05, 4.69) is 10.6 Å². The molecular formula is C10H24N2O2. The number of aliphatic hydroxyl groups is 2. The van der Waals surface area contributed by atoms with Crippen molar-refractivity contribution in [3.8, 4) is 0 Å². The van der Waals surface area contributed by atoms with E-state index >= 15 is 0 Å². The van der Waals surface area contributed by atoms with Gasteiger partial charge in [-0.3, -0.25) is 0 Å². The molecule has 0 aromatic carbocycles. The minimum Gasteiger partial charge on any atom is -0.396 e. The highest BCUT2D eigenvalue weighted by molar-refractivity contribution is 4.54. The molecule has 0 aromatic rings. The largest absolute Gasteiger partial charge is 0.396 e. The van der Waals surface area contributed by atoms with Crippen LogP contribution in [0, 0.1) is 0 Å². The Balaban J connectivity index is 2.85. The second-order valence-electron chi connectivity index (χ2n) is 3.59. The van der Waals surface area contributed by atoms with Gasteiger partial charge in [0.2, 0.25) is 0 Å². The van der Waals surface area contributed by atoms with Crippen molar-refractivity contribution >= 4 is 0 Å². The molecule has 0 bridgehead atoms. The van der Waals surface area contributed by atoms with Crippen molar-refractivity contribution < 1.29 is 10.2 Å². The third-order valence-corrected chi connectivity index (χ3v) is 1.91. The zero-order valence-electron chi connectivity index (χ0n) is 9.13. The lowest BCUT2D eigenvalue weighted by atomic mass is 10.3. The first-order valence-electron chi connectivity index (χ1n) is 5.47. The molecule has 0 spiro atoms. The standard InChI is InChI=1S/C10H24N2O2/c1-10(14)9-12-6-3-2-5-11-7-4-8-13/h10-14H,2-9H2,1H3. The fourth-order valence-corrected chi connectivity index (χ4v) is 1.14. The summed E-state index contributed by atoms with van der Waals surface area (Å²) in [5.41, 5.74) is 0. The molecule has 4 nitrogen and oxygen atoms in total. The third-order valence-electron chi connectivity index (χ3n) is 1.91. The van der Waals surface area contributed by atoms with E-state index < -0.39 is 0 Å². The van der Waals surface area contributed by atoms with Crippen LogP contribution in [0.3, 0.4) is 0 Å². The van der Waals surface area contributed by atoms with Gasteiger partial charge in [-0.2, -0.15) is 0 Å². The molecule has 4 heteroatoms. The predicted octanol–water partition coefficient (Wildman–Crippen LogP) is -0.291. The van der Waals surface area contributed by atoms with E-state index in [4.69, 9.17) is 10.2 Å². The summed E-state index contributed by atoms with van der Waals surface area (Å²) in [4.78, 5) is 0. The van der Waals surface area contributed by atoms with E-state index in [1.54, 1.807) is 6.92 Å². The summed E-state index contributed by atoms with van der Waals surface area (Å²) in [6, 6.07) is 0. The Morgan fingerprint density at radius 1 is 1.00 bits per heavy atom. The zero-order valence-corrected chi connectivity index (χ0v) is 9.13. The van der Waals surface area contributed by atoms with Gasteiger partial charge in [0.1, 0.15) is 0 Å². The van der Waals surface area contributed by atoms with Crippen molar-refractivity contribution in [2.24, 2.45) is 0 Å².